The van der Waals surface area contributed by atoms with E-state index in [0.29, 0.717) is 5.75 Å². The average molecular weight is 331 g/mol. The van der Waals surface area contributed by atoms with E-state index in [1.54, 1.807) is 30.3 Å². The molecule has 0 unspecified atom stereocenters. The fraction of sp³-hybridized carbons (Fsp3) is 0.0769. The summed E-state index contributed by atoms with van der Waals surface area (Å²) in [5, 5.41) is 10.8. The van der Waals surface area contributed by atoms with Crippen LogP contribution in [0, 0.1) is 10.1 Å². The van der Waals surface area contributed by atoms with Gasteiger partial charge in [0.25, 0.3) is 5.69 Å². The van der Waals surface area contributed by atoms with Crippen LogP contribution in [0.4, 0.5) is 11.4 Å². The van der Waals surface area contributed by atoms with Gasteiger partial charge in [0.2, 0.25) is 10.0 Å². The summed E-state index contributed by atoms with van der Waals surface area (Å²) in [6, 6.07) is 12.2. The molecule has 0 bridgehead atoms. The number of sulfonamides is 1. The molecule has 0 aromatic heterocycles. The molecule has 1 radical (unpaired) electrons. The number of benzene rings is 2. The fourth-order valence-corrected chi connectivity index (χ4v) is 2.18. The maximum atomic E-state index is 11.3. The first-order valence-electron chi connectivity index (χ1n) is 5.84. The molecule has 0 heterocycles. The van der Waals surface area contributed by atoms with Gasteiger partial charge in [-0.2, -0.15) is 0 Å². The molecule has 2 rings (SSSR count). The number of anilines is 1. The molecular formula is C13H12N2NaO5S. The van der Waals surface area contributed by atoms with Crippen molar-refractivity contribution < 1.29 is 18.1 Å². The van der Waals surface area contributed by atoms with Gasteiger partial charge < -0.3 is 4.74 Å². The summed E-state index contributed by atoms with van der Waals surface area (Å²) in [7, 11) is -3.52. The van der Waals surface area contributed by atoms with Crippen LogP contribution in [0.3, 0.4) is 0 Å². The van der Waals surface area contributed by atoms with Crippen LogP contribution in [-0.2, 0) is 10.0 Å². The van der Waals surface area contributed by atoms with Crippen LogP contribution in [0.15, 0.2) is 48.5 Å². The average Bonchev–Trinajstić information content (AvgIpc) is 2.40. The predicted octanol–water partition coefficient (Wildman–Crippen LogP) is 2.38. The number of nitro benzene ring substituents is 1. The van der Waals surface area contributed by atoms with Gasteiger partial charge in [-0.1, -0.05) is 18.2 Å². The molecule has 0 fully saturated rings. The number of ether oxygens (including phenoxy) is 1. The van der Waals surface area contributed by atoms with Crippen molar-refractivity contribution in [1.29, 1.82) is 0 Å². The van der Waals surface area contributed by atoms with Crippen LogP contribution in [0.2, 0.25) is 0 Å². The van der Waals surface area contributed by atoms with Crippen molar-refractivity contribution in [2.75, 3.05) is 11.0 Å². The van der Waals surface area contributed by atoms with Gasteiger partial charge >= 0.3 is 0 Å². The van der Waals surface area contributed by atoms with Crippen molar-refractivity contribution in [1.82, 2.24) is 0 Å². The standard InChI is InChI=1S/C13H12N2O5S.Na/c1-21(18,19)14-12-8-7-10(15(16)17)9-13(12)20-11-5-3-2-4-6-11;/h2-9,14H,1H3;. The predicted molar refractivity (Wildman–Crippen MR) is 83.8 cm³/mol. The van der Waals surface area contributed by atoms with E-state index < -0.39 is 14.9 Å². The Kier molecular flexibility index (Phi) is 6.36. The topological polar surface area (TPSA) is 98.5 Å². The molecule has 0 atom stereocenters. The van der Waals surface area contributed by atoms with Crippen LogP contribution < -0.4 is 9.46 Å². The SMILES string of the molecule is CS(=O)(=O)Nc1ccc([N+](=O)[O-])cc1Oc1ccccc1.[Na]. The molecule has 0 aliphatic rings. The van der Waals surface area contributed by atoms with Crippen LogP contribution in [-0.4, -0.2) is 49.2 Å². The Morgan fingerprint density at radius 3 is 2.32 bits per heavy atom. The van der Waals surface area contributed by atoms with Gasteiger partial charge in [-0.05, 0) is 18.2 Å². The molecule has 2 aromatic rings. The first-order valence-corrected chi connectivity index (χ1v) is 7.73. The summed E-state index contributed by atoms with van der Waals surface area (Å²) in [4.78, 5) is 10.2. The van der Waals surface area contributed by atoms with Crippen LogP contribution in [0.5, 0.6) is 11.5 Å². The third kappa shape index (κ3) is 5.30. The quantitative estimate of drug-likeness (QED) is 0.515. The van der Waals surface area contributed by atoms with Crippen molar-refractivity contribution in [3.05, 3.63) is 58.6 Å². The molecule has 0 saturated carbocycles. The number of nitrogens with one attached hydrogen (secondary N) is 1. The second-order valence-electron chi connectivity index (χ2n) is 4.23. The van der Waals surface area contributed by atoms with Crippen molar-refractivity contribution in [3.8, 4) is 11.5 Å². The van der Waals surface area contributed by atoms with Crippen molar-refractivity contribution >= 4 is 51.0 Å². The summed E-state index contributed by atoms with van der Waals surface area (Å²) in [5.74, 6) is 0.496. The molecule has 0 aliphatic carbocycles. The zero-order valence-corrected chi connectivity index (χ0v) is 14.8. The molecule has 7 nitrogen and oxygen atoms in total. The third-order valence-corrected chi connectivity index (χ3v) is 3.03. The Morgan fingerprint density at radius 2 is 1.77 bits per heavy atom. The molecule has 2 aromatic carbocycles. The second kappa shape index (κ2) is 7.59. The minimum Gasteiger partial charge on any atom is -0.455 e. The Morgan fingerprint density at radius 1 is 1.14 bits per heavy atom. The van der Waals surface area contributed by atoms with Gasteiger partial charge in [-0.25, -0.2) is 8.42 Å². The van der Waals surface area contributed by atoms with Gasteiger partial charge in [-0.15, -0.1) is 0 Å². The first kappa shape index (κ1) is 18.4. The maximum Gasteiger partial charge on any atom is 0.273 e. The molecule has 9 heteroatoms. The summed E-state index contributed by atoms with van der Waals surface area (Å²) in [5.41, 5.74) is -0.0630. The molecule has 22 heavy (non-hydrogen) atoms. The largest absolute Gasteiger partial charge is 0.455 e. The Bertz CT molecular complexity index is 765. The van der Waals surface area contributed by atoms with E-state index in [1.165, 1.54) is 18.2 Å². The molecular weight excluding hydrogens is 319 g/mol. The summed E-state index contributed by atoms with van der Waals surface area (Å²) in [6.45, 7) is 0. The Hall–Kier alpha value is -1.61. The number of nitro groups is 1. The van der Waals surface area contributed by atoms with Gasteiger partial charge in [-0.3, -0.25) is 14.8 Å². The Labute approximate surface area is 149 Å². The Balaban J connectivity index is 0.00000242. The number of hydrogen-bond donors (Lipinski definition) is 1. The van der Waals surface area contributed by atoms with E-state index >= 15 is 0 Å². The minimum absolute atomic E-state index is 0. The fourth-order valence-electron chi connectivity index (χ4n) is 1.61. The van der Waals surface area contributed by atoms with Gasteiger partial charge in [0.15, 0.2) is 5.75 Å². The van der Waals surface area contributed by atoms with Crippen LogP contribution in [0.25, 0.3) is 0 Å². The second-order valence-corrected chi connectivity index (χ2v) is 5.98. The molecule has 1 N–H and O–H groups in total. The van der Waals surface area contributed by atoms with E-state index in [0.717, 1.165) is 6.26 Å². The minimum atomic E-state index is -3.52. The van der Waals surface area contributed by atoms with Crippen molar-refractivity contribution in [2.45, 2.75) is 0 Å². The number of non-ortho nitro benzene ring substituents is 1. The molecule has 0 saturated heterocycles. The van der Waals surface area contributed by atoms with E-state index in [9.17, 15) is 18.5 Å². The van der Waals surface area contributed by atoms with Crippen LogP contribution in [0.1, 0.15) is 0 Å². The van der Waals surface area contributed by atoms with Crippen molar-refractivity contribution in [2.24, 2.45) is 0 Å². The maximum absolute atomic E-state index is 11.3. The molecule has 0 aliphatic heterocycles. The number of nitrogens with zero attached hydrogens (tertiary/aromatic N) is 1. The number of rotatable bonds is 5. The smallest absolute Gasteiger partial charge is 0.273 e. The van der Waals surface area contributed by atoms with Gasteiger partial charge in [0.05, 0.1) is 22.9 Å². The summed E-state index contributed by atoms with van der Waals surface area (Å²) >= 11 is 0. The normalized spacial score (nSPS) is 10.4. The summed E-state index contributed by atoms with van der Waals surface area (Å²) < 4.78 is 30.4. The van der Waals surface area contributed by atoms with Gasteiger partial charge in [0, 0.05) is 35.6 Å². The van der Waals surface area contributed by atoms with E-state index in [-0.39, 0.29) is 46.7 Å². The summed E-state index contributed by atoms with van der Waals surface area (Å²) in [6.07, 6.45) is 0.987. The first-order chi connectivity index (χ1) is 9.85. The number of hydrogen-bond acceptors (Lipinski definition) is 5. The monoisotopic (exact) mass is 331 g/mol. The third-order valence-electron chi connectivity index (χ3n) is 2.44. The van der Waals surface area contributed by atoms with Gasteiger partial charge in [0.1, 0.15) is 5.75 Å². The van der Waals surface area contributed by atoms with E-state index in [4.69, 9.17) is 4.74 Å². The number of para-hydroxylation sites is 1. The molecule has 111 valence electrons. The molecule has 0 amide bonds. The van der Waals surface area contributed by atoms with Crippen molar-refractivity contribution in [3.63, 3.8) is 0 Å². The van der Waals surface area contributed by atoms with E-state index in [2.05, 4.69) is 4.72 Å². The zero-order chi connectivity index (χ0) is 15.5. The van der Waals surface area contributed by atoms with E-state index in [1.807, 2.05) is 0 Å². The zero-order valence-electron chi connectivity index (χ0n) is 12.0. The molecule has 0 spiro atoms. The van der Waals surface area contributed by atoms with Crippen LogP contribution >= 0.6 is 0 Å².